The molecule has 1 aromatic heterocycles. The Bertz CT molecular complexity index is 822. The van der Waals surface area contributed by atoms with Crippen LogP contribution >= 0.6 is 15.9 Å². The van der Waals surface area contributed by atoms with Crippen molar-refractivity contribution in [1.29, 1.82) is 0 Å². The fourth-order valence-corrected chi connectivity index (χ4v) is 3.76. The number of hydrogen-bond acceptors (Lipinski definition) is 2. The van der Waals surface area contributed by atoms with Gasteiger partial charge < -0.3 is 10.3 Å². The predicted molar refractivity (Wildman–Crippen MR) is 89.4 cm³/mol. The van der Waals surface area contributed by atoms with Crippen molar-refractivity contribution in [1.82, 2.24) is 9.55 Å². The van der Waals surface area contributed by atoms with Gasteiger partial charge in [-0.05, 0) is 48.6 Å². The number of aromatic nitrogens is 2. The summed E-state index contributed by atoms with van der Waals surface area (Å²) in [7, 11) is 0. The van der Waals surface area contributed by atoms with Gasteiger partial charge in [-0.25, -0.2) is 4.98 Å². The van der Waals surface area contributed by atoms with Gasteiger partial charge in [0.1, 0.15) is 0 Å². The summed E-state index contributed by atoms with van der Waals surface area (Å²) < 4.78 is 3.23. The number of aryl methyl sites for hydroxylation is 1. The summed E-state index contributed by atoms with van der Waals surface area (Å²) in [4.78, 5) is 4.53. The molecule has 3 aromatic rings. The summed E-state index contributed by atoms with van der Waals surface area (Å²) in [6.45, 7) is 0. The topological polar surface area (TPSA) is 43.8 Å². The number of benzene rings is 2. The van der Waals surface area contributed by atoms with Crippen LogP contribution in [-0.4, -0.2) is 9.55 Å². The molecular formula is C17H16BrN3. The Labute approximate surface area is 131 Å². The van der Waals surface area contributed by atoms with Crippen LogP contribution in [0, 0.1) is 0 Å². The highest BCUT2D eigenvalue weighted by atomic mass is 79.9. The molecule has 1 atom stereocenters. The molecule has 0 radical (unpaired) electrons. The molecule has 106 valence electrons. The second kappa shape index (κ2) is 4.88. The fourth-order valence-electron chi connectivity index (χ4n) is 3.41. The van der Waals surface area contributed by atoms with Crippen molar-refractivity contribution in [3.8, 4) is 0 Å². The van der Waals surface area contributed by atoms with Gasteiger partial charge in [0.15, 0.2) is 0 Å². The molecule has 1 unspecified atom stereocenters. The molecule has 1 heterocycles. The average Bonchev–Trinajstić information content (AvgIpc) is 2.81. The first-order valence-corrected chi connectivity index (χ1v) is 8.04. The van der Waals surface area contributed by atoms with E-state index in [1.54, 1.807) is 0 Å². The smallest absolute Gasteiger partial charge is 0.201 e. The number of hydrogen-bond donors (Lipinski definition) is 1. The van der Waals surface area contributed by atoms with Crippen molar-refractivity contribution < 1.29 is 0 Å². The van der Waals surface area contributed by atoms with E-state index in [-0.39, 0.29) is 0 Å². The quantitative estimate of drug-likeness (QED) is 0.716. The van der Waals surface area contributed by atoms with E-state index >= 15 is 0 Å². The zero-order chi connectivity index (χ0) is 14.4. The van der Waals surface area contributed by atoms with Crippen LogP contribution in [0.5, 0.6) is 0 Å². The van der Waals surface area contributed by atoms with Gasteiger partial charge in [-0.1, -0.05) is 40.2 Å². The lowest BCUT2D eigenvalue weighted by molar-refractivity contribution is 0.504. The highest BCUT2D eigenvalue weighted by Gasteiger charge is 2.24. The SMILES string of the molecule is Nc1nc2cc(Br)ccc2n1C1CCCc2ccccc21. The van der Waals surface area contributed by atoms with Gasteiger partial charge >= 0.3 is 0 Å². The fraction of sp³-hybridized carbons (Fsp3) is 0.235. The van der Waals surface area contributed by atoms with E-state index in [9.17, 15) is 0 Å². The Morgan fingerprint density at radius 3 is 2.95 bits per heavy atom. The van der Waals surface area contributed by atoms with E-state index in [1.807, 2.05) is 6.07 Å². The van der Waals surface area contributed by atoms with Gasteiger partial charge in [0.05, 0.1) is 17.1 Å². The number of nitrogen functional groups attached to an aromatic ring is 1. The maximum Gasteiger partial charge on any atom is 0.201 e. The van der Waals surface area contributed by atoms with Gasteiger partial charge in [-0.2, -0.15) is 0 Å². The van der Waals surface area contributed by atoms with Crippen LogP contribution in [0.2, 0.25) is 0 Å². The summed E-state index contributed by atoms with van der Waals surface area (Å²) in [6, 6.07) is 15.2. The van der Waals surface area contributed by atoms with Crippen LogP contribution in [0.25, 0.3) is 11.0 Å². The minimum absolute atomic E-state index is 0.293. The Morgan fingerprint density at radius 2 is 2.05 bits per heavy atom. The summed E-state index contributed by atoms with van der Waals surface area (Å²) in [5, 5.41) is 0. The lowest BCUT2D eigenvalue weighted by atomic mass is 9.87. The predicted octanol–water partition coefficient (Wildman–Crippen LogP) is 4.31. The molecule has 1 aliphatic rings. The average molecular weight is 342 g/mol. The van der Waals surface area contributed by atoms with Gasteiger partial charge in [0.2, 0.25) is 5.95 Å². The van der Waals surface area contributed by atoms with Crippen molar-refractivity contribution in [3.05, 3.63) is 58.1 Å². The molecule has 21 heavy (non-hydrogen) atoms. The van der Waals surface area contributed by atoms with Crippen LogP contribution in [0.3, 0.4) is 0 Å². The monoisotopic (exact) mass is 341 g/mol. The zero-order valence-electron chi connectivity index (χ0n) is 11.6. The standard InChI is InChI=1S/C17H16BrN3/c18-12-8-9-16-14(10-12)20-17(19)21(16)15-7-3-5-11-4-1-2-6-13(11)15/h1-2,4,6,8-10,15H,3,5,7H2,(H2,19,20). The van der Waals surface area contributed by atoms with Crippen molar-refractivity contribution in [3.63, 3.8) is 0 Å². The third-order valence-electron chi connectivity index (χ3n) is 4.33. The summed E-state index contributed by atoms with van der Waals surface area (Å²) in [5.41, 5.74) is 11.1. The van der Waals surface area contributed by atoms with E-state index < -0.39 is 0 Å². The molecule has 0 saturated carbocycles. The first-order chi connectivity index (χ1) is 10.2. The minimum atomic E-state index is 0.293. The molecule has 1 aliphatic carbocycles. The highest BCUT2D eigenvalue weighted by molar-refractivity contribution is 9.10. The molecule has 0 saturated heterocycles. The van der Waals surface area contributed by atoms with Crippen LogP contribution in [0.1, 0.15) is 30.0 Å². The number of imidazole rings is 1. The summed E-state index contributed by atoms with van der Waals surface area (Å²) in [6.07, 6.45) is 3.46. The van der Waals surface area contributed by atoms with E-state index in [4.69, 9.17) is 5.73 Å². The number of halogens is 1. The zero-order valence-corrected chi connectivity index (χ0v) is 13.2. The van der Waals surface area contributed by atoms with Crippen LogP contribution < -0.4 is 5.73 Å². The molecular weight excluding hydrogens is 326 g/mol. The number of anilines is 1. The molecule has 3 nitrogen and oxygen atoms in total. The molecule has 4 rings (SSSR count). The van der Waals surface area contributed by atoms with Crippen molar-refractivity contribution in [2.24, 2.45) is 0 Å². The van der Waals surface area contributed by atoms with E-state index in [2.05, 4.69) is 61.9 Å². The number of nitrogens with zero attached hydrogens (tertiary/aromatic N) is 2. The van der Waals surface area contributed by atoms with Crippen molar-refractivity contribution in [2.75, 3.05) is 5.73 Å². The minimum Gasteiger partial charge on any atom is -0.369 e. The second-order valence-corrected chi connectivity index (χ2v) is 6.50. The van der Waals surface area contributed by atoms with Crippen LogP contribution in [0.15, 0.2) is 46.9 Å². The summed E-state index contributed by atoms with van der Waals surface area (Å²) in [5.74, 6) is 0.602. The number of nitrogens with two attached hydrogens (primary N) is 1. The Kier molecular flexibility index (Phi) is 3.00. The molecule has 2 aromatic carbocycles. The maximum absolute atomic E-state index is 6.23. The van der Waals surface area contributed by atoms with Crippen molar-refractivity contribution >= 4 is 32.9 Å². The van der Waals surface area contributed by atoms with E-state index in [1.165, 1.54) is 17.5 Å². The lowest BCUT2D eigenvalue weighted by Crippen LogP contribution is -2.18. The number of fused-ring (bicyclic) bond motifs is 2. The Hall–Kier alpha value is -1.81. The normalized spacial score (nSPS) is 17.9. The third kappa shape index (κ3) is 2.05. The van der Waals surface area contributed by atoms with Crippen molar-refractivity contribution in [2.45, 2.75) is 25.3 Å². The molecule has 0 fully saturated rings. The van der Waals surface area contributed by atoms with Crippen LogP contribution in [-0.2, 0) is 6.42 Å². The second-order valence-electron chi connectivity index (χ2n) is 5.58. The summed E-state index contributed by atoms with van der Waals surface area (Å²) >= 11 is 3.50. The first kappa shape index (κ1) is 12.9. The third-order valence-corrected chi connectivity index (χ3v) is 4.82. The molecule has 0 bridgehead atoms. The van der Waals surface area contributed by atoms with E-state index in [0.717, 1.165) is 28.3 Å². The van der Waals surface area contributed by atoms with Gasteiger partial charge in [-0.3, -0.25) is 0 Å². The van der Waals surface area contributed by atoms with Gasteiger partial charge in [0.25, 0.3) is 0 Å². The number of rotatable bonds is 1. The Morgan fingerprint density at radius 1 is 1.19 bits per heavy atom. The molecule has 0 spiro atoms. The molecule has 0 amide bonds. The molecule has 0 aliphatic heterocycles. The molecule has 4 heteroatoms. The molecule has 2 N–H and O–H groups in total. The Balaban J connectivity index is 1.94. The van der Waals surface area contributed by atoms with Crippen LogP contribution in [0.4, 0.5) is 5.95 Å². The van der Waals surface area contributed by atoms with Gasteiger partial charge in [-0.15, -0.1) is 0 Å². The highest BCUT2D eigenvalue weighted by Crippen LogP contribution is 2.37. The lowest BCUT2D eigenvalue weighted by Gasteiger charge is -2.27. The largest absolute Gasteiger partial charge is 0.369 e. The van der Waals surface area contributed by atoms with Gasteiger partial charge in [0, 0.05) is 4.47 Å². The van der Waals surface area contributed by atoms with E-state index in [0.29, 0.717) is 12.0 Å². The first-order valence-electron chi connectivity index (χ1n) is 7.25. The maximum atomic E-state index is 6.23.